The molecule has 1 fully saturated rings. The summed E-state index contributed by atoms with van der Waals surface area (Å²) in [5, 5.41) is 8.84. The van der Waals surface area contributed by atoms with Crippen molar-refractivity contribution in [1.29, 1.82) is 5.26 Å². The summed E-state index contributed by atoms with van der Waals surface area (Å²) in [6, 6.07) is 4.13. The van der Waals surface area contributed by atoms with Gasteiger partial charge in [0, 0.05) is 4.88 Å². The van der Waals surface area contributed by atoms with E-state index in [1.807, 2.05) is 13.0 Å². The maximum absolute atomic E-state index is 8.84. The fourth-order valence-electron chi connectivity index (χ4n) is 1.19. The minimum Gasteiger partial charge on any atom is -0.379 e. The van der Waals surface area contributed by atoms with E-state index >= 15 is 0 Å². The highest BCUT2D eigenvalue weighted by atomic mass is 32.1. The summed E-state index contributed by atoms with van der Waals surface area (Å²) in [4.78, 5) is 1.85. The largest absolute Gasteiger partial charge is 0.379 e. The number of hydrogen-bond acceptors (Lipinski definition) is 3. The second-order valence-electron chi connectivity index (χ2n) is 3.22. The molecule has 0 unspecified atom stereocenters. The molecular weight excluding hydrogens is 194 g/mol. The number of rotatable bonds is 0. The van der Waals surface area contributed by atoms with Crippen molar-refractivity contribution >= 4 is 11.3 Å². The molecule has 0 amide bonds. The molecule has 0 spiro atoms. The Balaban J connectivity index is 2.21. The molecule has 0 bridgehead atoms. The van der Waals surface area contributed by atoms with E-state index in [2.05, 4.69) is 17.9 Å². The minimum atomic E-state index is 0.363. The maximum Gasteiger partial charge on any atom is 0.120 e. The van der Waals surface area contributed by atoms with E-state index in [0.717, 1.165) is 28.5 Å². The van der Waals surface area contributed by atoms with Crippen LogP contribution in [0.1, 0.15) is 15.3 Å². The molecule has 2 rings (SSSR count). The average molecular weight is 203 g/mol. The third kappa shape index (κ3) is 1.80. The van der Waals surface area contributed by atoms with E-state index < -0.39 is 0 Å². The smallest absolute Gasteiger partial charge is 0.120 e. The topological polar surface area (TPSA) is 33.0 Å². The fourth-order valence-corrected chi connectivity index (χ4v) is 1.95. The van der Waals surface area contributed by atoms with E-state index in [0.29, 0.717) is 5.92 Å². The minimum absolute atomic E-state index is 0.363. The lowest BCUT2D eigenvalue weighted by Crippen LogP contribution is -2.25. The van der Waals surface area contributed by atoms with Crippen molar-refractivity contribution in [2.24, 2.45) is 5.92 Å². The maximum atomic E-state index is 8.84. The van der Waals surface area contributed by atoms with Crippen LogP contribution in [0.5, 0.6) is 0 Å². The molecule has 0 aromatic carbocycles. The van der Waals surface area contributed by atoms with E-state index in [1.165, 1.54) is 11.3 Å². The molecule has 3 heteroatoms. The first kappa shape index (κ1) is 9.27. The SMILES string of the molecule is Cc1cc(C#CC2COC2)c(C#N)s1. The highest BCUT2D eigenvalue weighted by Crippen LogP contribution is 2.20. The Hall–Kier alpha value is -1.29. The number of ether oxygens (including phenoxy) is 1. The molecule has 0 saturated carbocycles. The Bertz CT molecular complexity index is 440. The lowest BCUT2D eigenvalue weighted by Gasteiger charge is -2.19. The van der Waals surface area contributed by atoms with Crippen LogP contribution in [0.4, 0.5) is 0 Å². The summed E-state index contributed by atoms with van der Waals surface area (Å²) >= 11 is 1.50. The Kier molecular flexibility index (Phi) is 2.54. The molecule has 0 aliphatic carbocycles. The molecule has 1 aliphatic rings. The van der Waals surface area contributed by atoms with Crippen molar-refractivity contribution in [1.82, 2.24) is 0 Å². The Morgan fingerprint density at radius 1 is 1.57 bits per heavy atom. The fraction of sp³-hybridized carbons (Fsp3) is 0.364. The van der Waals surface area contributed by atoms with Crippen molar-refractivity contribution in [3.63, 3.8) is 0 Å². The first-order valence-corrected chi connectivity index (χ1v) is 5.21. The molecule has 1 aromatic heterocycles. The van der Waals surface area contributed by atoms with Gasteiger partial charge in [-0.05, 0) is 13.0 Å². The first-order valence-electron chi connectivity index (χ1n) is 4.39. The third-order valence-electron chi connectivity index (χ3n) is 2.01. The molecule has 1 aromatic rings. The van der Waals surface area contributed by atoms with Crippen LogP contribution >= 0.6 is 11.3 Å². The number of nitrogens with zero attached hydrogens (tertiary/aromatic N) is 1. The Morgan fingerprint density at radius 3 is 2.93 bits per heavy atom. The lowest BCUT2D eigenvalue weighted by atomic mass is 10.1. The van der Waals surface area contributed by atoms with Crippen molar-refractivity contribution < 1.29 is 4.74 Å². The number of nitriles is 1. The summed E-state index contributed by atoms with van der Waals surface area (Å²) in [7, 11) is 0. The lowest BCUT2D eigenvalue weighted by molar-refractivity contribution is -0.00300. The Labute approximate surface area is 87.1 Å². The molecule has 2 heterocycles. The quantitative estimate of drug-likeness (QED) is 0.603. The van der Waals surface area contributed by atoms with Crippen molar-refractivity contribution in [3.8, 4) is 17.9 Å². The predicted octanol–water partition coefficient (Wildman–Crippen LogP) is 1.93. The van der Waals surface area contributed by atoms with Gasteiger partial charge in [-0.15, -0.1) is 11.3 Å². The van der Waals surface area contributed by atoms with E-state index in [9.17, 15) is 0 Å². The van der Waals surface area contributed by atoms with Crippen LogP contribution in [0.25, 0.3) is 0 Å². The molecule has 2 nitrogen and oxygen atoms in total. The van der Waals surface area contributed by atoms with Gasteiger partial charge in [-0.2, -0.15) is 5.26 Å². The van der Waals surface area contributed by atoms with Gasteiger partial charge >= 0.3 is 0 Å². The Morgan fingerprint density at radius 2 is 2.36 bits per heavy atom. The zero-order valence-electron chi connectivity index (χ0n) is 7.83. The van der Waals surface area contributed by atoms with E-state index in [1.54, 1.807) is 0 Å². The van der Waals surface area contributed by atoms with Crippen LogP contribution in [0, 0.1) is 36.0 Å². The van der Waals surface area contributed by atoms with Gasteiger partial charge in [-0.1, -0.05) is 11.8 Å². The average Bonchev–Trinajstić information content (AvgIpc) is 2.43. The normalized spacial score (nSPS) is 15.1. The van der Waals surface area contributed by atoms with Crippen LogP contribution in [0.3, 0.4) is 0 Å². The van der Waals surface area contributed by atoms with Crippen molar-refractivity contribution in [3.05, 3.63) is 21.4 Å². The van der Waals surface area contributed by atoms with Crippen LogP contribution in [0.2, 0.25) is 0 Å². The second-order valence-corrected chi connectivity index (χ2v) is 4.47. The van der Waals surface area contributed by atoms with Crippen LogP contribution < -0.4 is 0 Å². The first-order chi connectivity index (χ1) is 6.79. The summed E-state index contributed by atoms with van der Waals surface area (Å²) < 4.78 is 5.02. The van der Waals surface area contributed by atoms with Gasteiger partial charge in [0.2, 0.25) is 0 Å². The number of aryl methyl sites for hydroxylation is 1. The van der Waals surface area contributed by atoms with Gasteiger partial charge in [0.05, 0.1) is 24.7 Å². The van der Waals surface area contributed by atoms with Crippen molar-refractivity contribution in [2.75, 3.05) is 13.2 Å². The monoisotopic (exact) mass is 203 g/mol. The zero-order chi connectivity index (χ0) is 9.97. The van der Waals surface area contributed by atoms with Gasteiger partial charge in [0.1, 0.15) is 10.9 Å². The standard InChI is InChI=1S/C11H9NOS/c1-8-4-10(11(5-12)14-8)3-2-9-6-13-7-9/h4,9H,6-7H2,1H3. The molecule has 0 radical (unpaired) electrons. The molecular formula is C11H9NOS. The van der Waals surface area contributed by atoms with E-state index in [4.69, 9.17) is 10.00 Å². The summed E-state index contributed by atoms with van der Waals surface area (Å²) in [5.74, 6) is 6.51. The van der Waals surface area contributed by atoms with Gasteiger partial charge in [-0.25, -0.2) is 0 Å². The van der Waals surface area contributed by atoms with Gasteiger partial charge < -0.3 is 4.74 Å². The number of hydrogen-bond donors (Lipinski definition) is 0. The zero-order valence-corrected chi connectivity index (χ0v) is 8.65. The van der Waals surface area contributed by atoms with Gasteiger partial charge in [0.25, 0.3) is 0 Å². The summed E-state index contributed by atoms with van der Waals surface area (Å²) in [6.45, 7) is 3.46. The molecule has 0 N–H and O–H groups in total. The van der Waals surface area contributed by atoms with Crippen LogP contribution in [-0.2, 0) is 4.74 Å². The van der Waals surface area contributed by atoms with Crippen LogP contribution in [0.15, 0.2) is 6.07 Å². The summed E-state index contributed by atoms with van der Waals surface area (Å²) in [6.07, 6.45) is 0. The van der Waals surface area contributed by atoms with Crippen molar-refractivity contribution in [2.45, 2.75) is 6.92 Å². The number of thiophene rings is 1. The highest BCUT2D eigenvalue weighted by molar-refractivity contribution is 7.12. The highest BCUT2D eigenvalue weighted by Gasteiger charge is 2.15. The summed E-state index contributed by atoms with van der Waals surface area (Å²) in [5.41, 5.74) is 0.863. The molecule has 1 saturated heterocycles. The molecule has 0 atom stereocenters. The van der Waals surface area contributed by atoms with Crippen LogP contribution in [-0.4, -0.2) is 13.2 Å². The molecule has 14 heavy (non-hydrogen) atoms. The van der Waals surface area contributed by atoms with E-state index in [-0.39, 0.29) is 0 Å². The molecule has 1 aliphatic heterocycles. The van der Waals surface area contributed by atoms with Gasteiger partial charge in [-0.3, -0.25) is 0 Å². The second kappa shape index (κ2) is 3.84. The van der Waals surface area contributed by atoms with Gasteiger partial charge in [0.15, 0.2) is 0 Å². The molecule has 70 valence electrons. The predicted molar refractivity (Wildman–Crippen MR) is 55.0 cm³/mol. The third-order valence-corrected chi connectivity index (χ3v) is 2.96.